The first-order valence-electron chi connectivity index (χ1n) is 9.47. The Labute approximate surface area is 162 Å². The lowest BCUT2D eigenvalue weighted by molar-refractivity contribution is -0.141. The van der Waals surface area contributed by atoms with Crippen LogP contribution in [-0.4, -0.2) is 53.9 Å². The van der Waals surface area contributed by atoms with Gasteiger partial charge in [-0.15, -0.1) is 12.4 Å². The fourth-order valence-electron chi connectivity index (χ4n) is 4.29. The molecule has 0 aromatic carbocycles. The van der Waals surface area contributed by atoms with Crippen LogP contribution in [0.2, 0.25) is 0 Å². The fourth-order valence-corrected chi connectivity index (χ4v) is 4.29. The van der Waals surface area contributed by atoms with Gasteiger partial charge in [-0.2, -0.15) is 5.10 Å². The lowest BCUT2D eigenvalue weighted by Gasteiger charge is -2.40. The number of aromatic nitrogens is 2. The van der Waals surface area contributed by atoms with Crippen LogP contribution < -0.4 is 5.32 Å². The number of nitrogens with one attached hydrogen (secondary N) is 2. The van der Waals surface area contributed by atoms with Crippen molar-refractivity contribution in [2.45, 2.75) is 52.6 Å². The Morgan fingerprint density at radius 2 is 2.19 bits per heavy atom. The van der Waals surface area contributed by atoms with E-state index in [1.54, 1.807) is 7.11 Å². The molecule has 148 valence electrons. The molecule has 3 rings (SSSR count). The van der Waals surface area contributed by atoms with Gasteiger partial charge in [0.2, 0.25) is 5.91 Å². The first-order chi connectivity index (χ1) is 11.9. The quantitative estimate of drug-likeness (QED) is 0.757. The minimum absolute atomic E-state index is 0. The van der Waals surface area contributed by atoms with Gasteiger partial charge < -0.3 is 10.1 Å². The zero-order valence-electron chi connectivity index (χ0n) is 16.4. The van der Waals surface area contributed by atoms with Crippen LogP contribution in [0.15, 0.2) is 6.07 Å². The van der Waals surface area contributed by atoms with Crippen LogP contribution in [0.4, 0.5) is 0 Å². The number of H-pyrrole nitrogens is 1. The SMILES string of the molecule is COCC1(C(=O)N[C@H]2CN(Cc3cc(C)[nH]n3)C[C@@H]2C(C)C)CCC1.Cl. The van der Waals surface area contributed by atoms with Gasteiger partial charge in [-0.3, -0.25) is 14.8 Å². The fraction of sp³-hybridized carbons (Fsp3) is 0.789. The third kappa shape index (κ3) is 4.41. The normalized spacial score (nSPS) is 25.0. The van der Waals surface area contributed by atoms with E-state index < -0.39 is 0 Å². The monoisotopic (exact) mass is 384 g/mol. The van der Waals surface area contributed by atoms with Crippen molar-refractivity contribution in [2.24, 2.45) is 17.3 Å². The third-order valence-corrected chi connectivity index (χ3v) is 5.97. The third-order valence-electron chi connectivity index (χ3n) is 5.97. The number of halogens is 1. The van der Waals surface area contributed by atoms with E-state index >= 15 is 0 Å². The molecular formula is C19H33ClN4O2. The number of aromatic amines is 1. The zero-order valence-corrected chi connectivity index (χ0v) is 17.2. The van der Waals surface area contributed by atoms with Crippen molar-refractivity contribution in [3.8, 4) is 0 Å². The molecule has 6 nitrogen and oxygen atoms in total. The minimum atomic E-state index is -0.289. The highest BCUT2D eigenvalue weighted by Gasteiger charge is 2.46. The van der Waals surface area contributed by atoms with E-state index in [0.29, 0.717) is 18.4 Å². The first-order valence-corrected chi connectivity index (χ1v) is 9.47. The number of methoxy groups -OCH3 is 1. The summed E-state index contributed by atoms with van der Waals surface area (Å²) in [6.45, 7) is 9.79. The van der Waals surface area contributed by atoms with Gasteiger partial charge in [0, 0.05) is 38.5 Å². The van der Waals surface area contributed by atoms with E-state index in [2.05, 4.69) is 40.3 Å². The average molecular weight is 385 g/mol. The summed E-state index contributed by atoms with van der Waals surface area (Å²) in [5.41, 5.74) is 1.87. The van der Waals surface area contributed by atoms with Gasteiger partial charge in [0.15, 0.2) is 0 Å². The Morgan fingerprint density at radius 3 is 2.69 bits per heavy atom. The molecule has 0 unspecified atom stereocenters. The molecule has 2 fully saturated rings. The number of rotatable bonds is 7. The number of carbonyl (C=O) groups is 1. The molecule has 0 spiro atoms. The van der Waals surface area contributed by atoms with E-state index in [0.717, 1.165) is 50.3 Å². The largest absolute Gasteiger partial charge is 0.384 e. The molecule has 1 aliphatic heterocycles. The second-order valence-electron chi connectivity index (χ2n) is 8.29. The summed E-state index contributed by atoms with van der Waals surface area (Å²) in [4.78, 5) is 15.3. The lowest BCUT2D eigenvalue weighted by atomic mass is 9.68. The summed E-state index contributed by atoms with van der Waals surface area (Å²) in [6.07, 6.45) is 3.02. The van der Waals surface area contributed by atoms with Gasteiger partial charge in [-0.25, -0.2) is 0 Å². The van der Waals surface area contributed by atoms with E-state index in [1.807, 2.05) is 6.92 Å². The van der Waals surface area contributed by atoms with Crippen molar-refractivity contribution in [1.82, 2.24) is 20.4 Å². The van der Waals surface area contributed by atoms with Gasteiger partial charge in [-0.05, 0) is 37.7 Å². The molecule has 7 heteroatoms. The molecule has 1 aromatic rings. The van der Waals surface area contributed by atoms with E-state index in [9.17, 15) is 4.79 Å². The molecular weight excluding hydrogens is 352 g/mol. The van der Waals surface area contributed by atoms with Crippen LogP contribution in [0.1, 0.15) is 44.5 Å². The van der Waals surface area contributed by atoms with Crippen LogP contribution in [0.25, 0.3) is 0 Å². The van der Waals surface area contributed by atoms with E-state index in [1.165, 1.54) is 0 Å². The number of carbonyl (C=O) groups excluding carboxylic acids is 1. The highest BCUT2D eigenvalue weighted by atomic mass is 35.5. The Morgan fingerprint density at radius 1 is 1.46 bits per heavy atom. The molecule has 2 atom stereocenters. The number of hydrogen-bond acceptors (Lipinski definition) is 4. The minimum Gasteiger partial charge on any atom is -0.384 e. The molecule has 2 aliphatic rings. The molecule has 26 heavy (non-hydrogen) atoms. The Kier molecular flexibility index (Phi) is 7.11. The molecule has 1 aromatic heterocycles. The van der Waals surface area contributed by atoms with Crippen molar-refractivity contribution >= 4 is 18.3 Å². The van der Waals surface area contributed by atoms with Gasteiger partial charge in [0.1, 0.15) is 0 Å². The highest BCUT2D eigenvalue weighted by molar-refractivity contribution is 5.85. The van der Waals surface area contributed by atoms with Crippen LogP contribution in [0.5, 0.6) is 0 Å². The molecule has 0 bridgehead atoms. The Bertz CT molecular complexity index is 600. The summed E-state index contributed by atoms with van der Waals surface area (Å²) in [5.74, 6) is 1.20. The second-order valence-corrected chi connectivity index (χ2v) is 8.29. The topological polar surface area (TPSA) is 70.2 Å². The van der Waals surface area contributed by atoms with Crippen molar-refractivity contribution in [3.05, 3.63) is 17.5 Å². The smallest absolute Gasteiger partial charge is 0.228 e. The van der Waals surface area contributed by atoms with Crippen molar-refractivity contribution in [3.63, 3.8) is 0 Å². The summed E-state index contributed by atoms with van der Waals surface area (Å²) in [7, 11) is 1.69. The van der Waals surface area contributed by atoms with Gasteiger partial charge in [0.05, 0.1) is 17.7 Å². The summed E-state index contributed by atoms with van der Waals surface area (Å²) in [6, 6.07) is 2.31. The highest BCUT2D eigenvalue weighted by Crippen LogP contribution is 2.41. The van der Waals surface area contributed by atoms with Gasteiger partial charge in [-0.1, -0.05) is 20.3 Å². The molecule has 1 saturated heterocycles. The van der Waals surface area contributed by atoms with Crippen LogP contribution >= 0.6 is 12.4 Å². The maximum absolute atomic E-state index is 12.9. The summed E-state index contributed by atoms with van der Waals surface area (Å²) >= 11 is 0. The standard InChI is InChI=1S/C19H32N4O2.ClH/c1-13(2)16-10-23(9-15-8-14(3)21-22-15)11-17(16)20-18(24)19(12-25-4)6-5-7-19;/h8,13,16-17H,5-7,9-12H2,1-4H3,(H,20,24)(H,21,22);1H/t16-,17+;/m1./s1. The number of nitrogens with zero attached hydrogens (tertiary/aromatic N) is 2. The molecule has 1 aliphatic carbocycles. The molecule has 1 saturated carbocycles. The Balaban J connectivity index is 0.00000243. The number of ether oxygens (including phenoxy) is 1. The predicted molar refractivity (Wildman–Crippen MR) is 104 cm³/mol. The van der Waals surface area contributed by atoms with Crippen LogP contribution in [-0.2, 0) is 16.1 Å². The predicted octanol–water partition coefficient (Wildman–Crippen LogP) is 2.53. The zero-order chi connectivity index (χ0) is 18.0. The molecule has 0 radical (unpaired) electrons. The average Bonchev–Trinajstić information content (AvgIpc) is 3.09. The molecule has 2 N–H and O–H groups in total. The number of hydrogen-bond donors (Lipinski definition) is 2. The summed E-state index contributed by atoms with van der Waals surface area (Å²) in [5, 5.41) is 10.7. The van der Waals surface area contributed by atoms with Crippen LogP contribution in [0.3, 0.4) is 0 Å². The molecule has 1 amide bonds. The maximum atomic E-state index is 12.9. The Hall–Kier alpha value is -1.11. The number of likely N-dealkylation sites (tertiary alicyclic amines) is 1. The lowest BCUT2D eigenvalue weighted by Crippen LogP contribution is -2.53. The molecule has 2 heterocycles. The van der Waals surface area contributed by atoms with E-state index in [-0.39, 0.29) is 29.8 Å². The van der Waals surface area contributed by atoms with Crippen molar-refractivity contribution in [2.75, 3.05) is 26.8 Å². The van der Waals surface area contributed by atoms with Crippen LogP contribution in [0, 0.1) is 24.2 Å². The van der Waals surface area contributed by atoms with Crippen molar-refractivity contribution in [1.29, 1.82) is 0 Å². The van der Waals surface area contributed by atoms with Gasteiger partial charge in [0.25, 0.3) is 0 Å². The first kappa shape index (κ1) is 21.2. The second kappa shape index (κ2) is 8.72. The number of amides is 1. The summed E-state index contributed by atoms with van der Waals surface area (Å²) < 4.78 is 5.33. The number of aryl methyl sites for hydroxylation is 1. The maximum Gasteiger partial charge on any atom is 0.228 e. The van der Waals surface area contributed by atoms with Crippen molar-refractivity contribution < 1.29 is 9.53 Å². The van der Waals surface area contributed by atoms with E-state index in [4.69, 9.17) is 4.74 Å². The van der Waals surface area contributed by atoms with Gasteiger partial charge >= 0.3 is 0 Å².